The van der Waals surface area contributed by atoms with E-state index in [1.165, 1.54) is 0 Å². The van der Waals surface area contributed by atoms with Crippen LogP contribution in [0.25, 0.3) is 11.0 Å². The van der Waals surface area contributed by atoms with Crippen LogP contribution in [0.1, 0.15) is 12.8 Å². The molecule has 2 aliphatic heterocycles. The first-order chi connectivity index (χ1) is 14.3. The Bertz CT molecular complexity index is 978. The molecular formula is C23H26N2O4. The number of anilines is 1. The number of nitrogens with zero attached hydrogens (tertiary/aromatic N) is 1. The third-order valence-electron chi connectivity index (χ3n) is 5.90. The number of piperidine rings is 1. The summed E-state index contributed by atoms with van der Waals surface area (Å²) in [6.07, 6.45) is 3.89. The molecule has 2 aromatic carbocycles. The summed E-state index contributed by atoms with van der Waals surface area (Å²) in [4.78, 5) is 2.27. The molecule has 0 radical (unpaired) electrons. The third-order valence-corrected chi connectivity index (χ3v) is 5.90. The lowest BCUT2D eigenvalue weighted by Gasteiger charge is -2.34. The monoisotopic (exact) mass is 394 g/mol. The number of para-hydroxylation sites is 2. The number of hydrogen-bond donors (Lipinski definition) is 2. The first kappa shape index (κ1) is 18.2. The molecule has 1 saturated heterocycles. The molecule has 6 nitrogen and oxygen atoms in total. The lowest BCUT2D eigenvalue weighted by molar-refractivity contribution is 0.0913. The van der Waals surface area contributed by atoms with Crippen molar-refractivity contribution in [3.05, 3.63) is 48.7 Å². The lowest BCUT2D eigenvalue weighted by atomic mass is 9.96. The molecule has 29 heavy (non-hydrogen) atoms. The van der Waals surface area contributed by atoms with Gasteiger partial charge in [-0.1, -0.05) is 12.1 Å². The highest BCUT2D eigenvalue weighted by Gasteiger charge is 2.25. The molecule has 1 unspecified atom stereocenters. The van der Waals surface area contributed by atoms with Crippen LogP contribution in [-0.4, -0.2) is 44.0 Å². The SMILES string of the molecule is Oc1ccccc1N1CCC(CNCC2COc3ccc4occc4c3O2)CC1. The number of ether oxygens (including phenoxy) is 2. The van der Waals surface area contributed by atoms with E-state index in [1.807, 2.05) is 36.4 Å². The van der Waals surface area contributed by atoms with Gasteiger partial charge < -0.3 is 29.2 Å². The van der Waals surface area contributed by atoms with E-state index in [0.717, 1.165) is 67.2 Å². The zero-order valence-corrected chi connectivity index (χ0v) is 16.3. The van der Waals surface area contributed by atoms with Crippen molar-refractivity contribution in [3.63, 3.8) is 0 Å². The summed E-state index contributed by atoms with van der Waals surface area (Å²) in [5.74, 6) is 2.57. The van der Waals surface area contributed by atoms with Crippen molar-refractivity contribution >= 4 is 16.7 Å². The van der Waals surface area contributed by atoms with Crippen molar-refractivity contribution in [1.29, 1.82) is 0 Å². The summed E-state index contributed by atoms with van der Waals surface area (Å²) in [5.41, 5.74) is 1.76. The van der Waals surface area contributed by atoms with Gasteiger partial charge in [-0.25, -0.2) is 0 Å². The highest BCUT2D eigenvalue weighted by atomic mass is 16.6. The molecule has 152 valence electrons. The molecule has 2 N–H and O–H groups in total. The van der Waals surface area contributed by atoms with E-state index < -0.39 is 0 Å². The van der Waals surface area contributed by atoms with Crippen molar-refractivity contribution in [1.82, 2.24) is 5.32 Å². The van der Waals surface area contributed by atoms with Crippen molar-refractivity contribution in [2.75, 3.05) is 37.7 Å². The van der Waals surface area contributed by atoms with Gasteiger partial charge in [0.2, 0.25) is 0 Å². The van der Waals surface area contributed by atoms with Gasteiger partial charge in [-0.05, 0) is 55.6 Å². The zero-order valence-electron chi connectivity index (χ0n) is 16.3. The summed E-state index contributed by atoms with van der Waals surface area (Å²) in [5, 5.41) is 14.6. The minimum atomic E-state index is -0.00986. The third kappa shape index (κ3) is 3.72. The van der Waals surface area contributed by atoms with Crippen LogP contribution in [0.5, 0.6) is 17.2 Å². The number of nitrogens with one attached hydrogen (secondary N) is 1. The quantitative estimate of drug-likeness (QED) is 0.686. The van der Waals surface area contributed by atoms with E-state index in [0.29, 0.717) is 18.3 Å². The maximum Gasteiger partial charge on any atom is 0.172 e. The number of aromatic hydroxyl groups is 1. The van der Waals surface area contributed by atoms with Crippen molar-refractivity contribution in [3.8, 4) is 17.2 Å². The molecule has 3 aromatic rings. The molecule has 5 rings (SSSR count). The van der Waals surface area contributed by atoms with Gasteiger partial charge in [0.05, 0.1) is 17.3 Å². The fraction of sp³-hybridized carbons (Fsp3) is 0.391. The van der Waals surface area contributed by atoms with Crippen molar-refractivity contribution < 1.29 is 19.0 Å². The van der Waals surface area contributed by atoms with E-state index in [1.54, 1.807) is 12.3 Å². The molecule has 1 fully saturated rings. The highest BCUT2D eigenvalue weighted by Crippen LogP contribution is 2.39. The highest BCUT2D eigenvalue weighted by molar-refractivity contribution is 5.87. The standard InChI is InChI=1S/C23H26N2O4/c26-20-4-2-1-3-19(20)25-10-7-16(8-11-25)13-24-14-17-15-28-22-6-5-21-18(9-12-27-21)23(22)29-17/h1-6,9,12,16-17,24,26H,7-8,10-11,13-15H2. The maximum absolute atomic E-state index is 10.1. The average Bonchev–Trinajstić information content (AvgIpc) is 3.24. The molecule has 0 spiro atoms. The fourth-order valence-corrected chi connectivity index (χ4v) is 4.27. The molecule has 3 heterocycles. The Morgan fingerprint density at radius 3 is 2.76 bits per heavy atom. The Balaban J connectivity index is 1.10. The Hall–Kier alpha value is -2.86. The number of phenolic OH excluding ortho intramolecular Hbond substituents is 1. The Kier molecular flexibility index (Phi) is 4.94. The lowest BCUT2D eigenvalue weighted by Crippen LogP contribution is -2.42. The van der Waals surface area contributed by atoms with Gasteiger partial charge in [-0.2, -0.15) is 0 Å². The normalized spacial score (nSPS) is 19.6. The van der Waals surface area contributed by atoms with Gasteiger partial charge in [-0.15, -0.1) is 0 Å². The molecule has 0 aliphatic carbocycles. The summed E-state index contributed by atoms with van der Waals surface area (Å²) in [6.45, 7) is 4.22. The summed E-state index contributed by atoms with van der Waals surface area (Å²) in [6, 6.07) is 13.3. The van der Waals surface area contributed by atoms with Crippen molar-refractivity contribution in [2.45, 2.75) is 18.9 Å². The van der Waals surface area contributed by atoms with Crippen LogP contribution in [0.3, 0.4) is 0 Å². The van der Waals surface area contributed by atoms with Crippen LogP contribution in [0, 0.1) is 5.92 Å². The van der Waals surface area contributed by atoms with E-state index in [2.05, 4.69) is 10.2 Å². The Morgan fingerprint density at radius 2 is 1.90 bits per heavy atom. The molecule has 1 atom stereocenters. The molecule has 6 heteroatoms. The predicted molar refractivity (Wildman–Crippen MR) is 112 cm³/mol. The van der Waals surface area contributed by atoms with Gasteiger partial charge in [0.25, 0.3) is 0 Å². The molecule has 2 aliphatic rings. The second kappa shape index (κ2) is 7.87. The summed E-state index contributed by atoms with van der Waals surface area (Å²) < 4.78 is 17.5. The van der Waals surface area contributed by atoms with Gasteiger partial charge in [0.15, 0.2) is 11.5 Å². The van der Waals surface area contributed by atoms with Crippen LogP contribution in [0.2, 0.25) is 0 Å². The minimum Gasteiger partial charge on any atom is -0.506 e. The van der Waals surface area contributed by atoms with Crippen molar-refractivity contribution in [2.24, 2.45) is 5.92 Å². The van der Waals surface area contributed by atoms with E-state index in [-0.39, 0.29) is 6.10 Å². The predicted octanol–water partition coefficient (Wildman–Crippen LogP) is 3.78. The summed E-state index contributed by atoms with van der Waals surface area (Å²) in [7, 11) is 0. The fourth-order valence-electron chi connectivity index (χ4n) is 4.27. The van der Waals surface area contributed by atoms with E-state index in [9.17, 15) is 5.11 Å². The molecule has 0 amide bonds. The number of fused-ring (bicyclic) bond motifs is 3. The van der Waals surface area contributed by atoms with Gasteiger partial charge in [0, 0.05) is 19.6 Å². The van der Waals surface area contributed by atoms with Gasteiger partial charge >= 0.3 is 0 Å². The van der Waals surface area contributed by atoms with Gasteiger partial charge in [0.1, 0.15) is 24.0 Å². The van der Waals surface area contributed by atoms with Crippen LogP contribution in [0.15, 0.2) is 53.1 Å². The van der Waals surface area contributed by atoms with Crippen LogP contribution in [-0.2, 0) is 0 Å². The largest absolute Gasteiger partial charge is 0.506 e. The Labute approximate surface area is 170 Å². The first-order valence-corrected chi connectivity index (χ1v) is 10.3. The number of benzene rings is 2. The summed E-state index contributed by atoms with van der Waals surface area (Å²) >= 11 is 0. The van der Waals surface area contributed by atoms with Crippen LogP contribution in [0.4, 0.5) is 5.69 Å². The van der Waals surface area contributed by atoms with Gasteiger partial charge in [-0.3, -0.25) is 0 Å². The minimum absolute atomic E-state index is 0.00986. The first-order valence-electron chi connectivity index (χ1n) is 10.3. The molecule has 1 aromatic heterocycles. The van der Waals surface area contributed by atoms with Crippen LogP contribution >= 0.6 is 0 Å². The average molecular weight is 394 g/mol. The maximum atomic E-state index is 10.1. The number of rotatable bonds is 5. The second-order valence-electron chi connectivity index (χ2n) is 7.85. The molecule has 0 saturated carbocycles. The van der Waals surface area contributed by atoms with Crippen LogP contribution < -0.4 is 19.7 Å². The topological polar surface area (TPSA) is 67.1 Å². The second-order valence-corrected chi connectivity index (χ2v) is 7.85. The van der Waals surface area contributed by atoms with E-state index >= 15 is 0 Å². The van der Waals surface area contributed by atoms with E-state index in [4.69, 9.17) is 13.9 Å². The number of furan rings is 1. The number of phenols is 1. The molecular weight excluding hydrogens is 368 g/mol. The zero-order chi connectivity index (χ0) is 19.6. The number of hydrogen-bond acceptors (Lipinski definition) is 6. The molecule has 0 bridgehead atoms. The Morgan fingerprint density at radius 1 is 1.03 bits per heavy atom. The smallest absolute Gasteiger partial charge is 0.172 e.